The second-order valence-corrected chi connectivity index (χ2v) is 5.56. The Labute approximate surface area is 106 Å². The van der Waals surface area contributed by atoms with E-state index in [0.29, 0.717) is 5.92 Å². The molecule has 0 aliphatic rings. The fourth-order valence-corrected chi connectivity index (χ4v) is 2.49. The zero-order chi connectivity index (χ0) is 12.3. The Hall–Kier alpha value is -1.13. The van der Waals surface area contributed by atoms with E-state index in [1.165, 1.54) is 10.4 Å². The van der Waals surface area contributed by atoms with E-state index in [9.17, 15) is 0 Å². The Balaban J connectivity index is 1.99. The molecule has 0 radical (unpaired) electrons. The van der Waals surface area contributed by atoms with E-state index in [1.54, 1.807) is 11.3 Å². The molecule has 17 heavy (non-hydrogen) atoms. The predicted molar refractivity (Wildman–Crippen MR) is 71.1 cm³/mol. The molecule has 0 saturated heterocycles. The fraction of sp³-hybridized carbons (Fsp3) is 0.462. The van der Waals surface area contributed by atoms with Crippen molar-refractivity contribution in [1.82, 2.24) is 10.5 Å². The van der Waals surface area contributed by atoms with Gasteiger partial charge in [-0.05, 0) is 36.4 Å². The van der Waals surface area contributed by atoms with Crippen LogP contribution >= 0.6 is 11.3 Å². The zero-order valence-corrected chi connectivity index (χ0v) is 11.3. The van der Waals surface area contributed by atoms with Crippen LogP contribution in [-0.4, -0.2) is 11.7 Å². The van der Waals surface area contributed by atoms with Gasteiger partial charge in [0.25, 0.3) is 0 Å². The van der Waals surface area contributed by atoms with Crippen LogP contribution in [0.2, 0.25) is 0 Å². The minimum Gasteiger partial charge on any atom is -0.355 e. The van der Waals surface area contributed by atoms with Crippen molar-refractivity contribution in [3.05, 3.63) is 28.8 Å². The van der Waals surface area contributed by atoms with Gasteiger partial charge in [0, 0.05) is 12.6 Å². The van der Waals surface area contributed by atoms with E-state index in [2.05, 4.69) is 42.7 Å². The Kier molecular flexibility index (Phi) is 3.97. The molecule has 2 aromatic heterocycles. The summed E-state index contributed by atoms with van der Waals surface area (Å²) >= 11 is 1.69. The normalized spacial score (nSPS) is 11.3. The third kappa shape index (κ3) is 3.17. The maximum absolute atomic E-state index is 5.37. The lowest BCUT2D eigenvalue weighted by Gasteiger charge is -2.03. The standard InChI is InChI=1S/C13H18N2OS/c1-9(2)7-14-8-11-6-12(16-15-11)13-10(3)4-5-17-13/h4-6,9,14H,7-8H2,1-3H3. The summed E-state index contributed by atoms with van der Waals surface area (Å²) in [5.41, 5.74) is 2.21. The molecular weight excluding hydrogens is 232 g/mol. The highest BCUT2D eigenvalue weighted by molar-refractivity contribution is 7.13. The van der Waals surface area contributed by atoms with Gasteiger partial charge < -0.3 is 9.84 Å². The SMILES string of the molecule is Cc1ccsc1-c1cc(CNCC(C)C)no1. The van der Waals surface area contributed by atoms with Crippen molar-refractivity contribution in [3.8, 4) is 10.6 Å². The van der Waals surface area contributed by atoms with Gasteiger partial charge in [0.2, 0.25) is 0 Å². The van der Waals surface area contributed by atoms with Crippen LogP contribution in [0.5, 0.6) is 0 Å². The summed E-state index contributed by atoms with van der Waals surface area (Å²) in [6, 6.07) is 4.12. The van der Waals surface area contributed by atoms with E-state index in [1.807, 2.05) is 6.07 Å². The number of aryl methyl sites for hydroxylation is 1. The summed E-state index contributed by atoms with van der Waals surface area (Å²) in [7, 11) is 0. The van der Waals surface area contributed by atoms with Gasteiger partial charge >= 0.3 is 0 Å². The average Bonchev–Trinajstić information content (AvgIpc) is 2.86. The summed E-state index contributed by atoms with van der Waals surface area (Å²) in [6.45, 7) is 8.24. The molecule has 0 saturated carbocycles. The number of nitrogens with one attached hydrogen (secondary N) is 1. The number of nitrogens with zero attached hydrogens (tertiary/aromatic N) is 1. The lowest BCUT2D eigenvalue weighted by Crippen LogP contribution is -2.18. The van der Waals surface area contributed by atoms with Crippen molar-refractivity contribution in [2.24, 2.45) is 5.92 Å². The Bertz CT molecular complexity index is 473. The van der Waals surface area contributed by atoms with E-state index in [-0.39, 0.29) is 0 Å². The minimum atomic E-state index is 0.654. The average molecular weight is 250 g/mol. The third-order valence-corrected chi connectivity index (χ3v) is 3.53. The second-order valence-electron chi connectivity index (χ2n) is 4.64. The van der Waals surface area contributed by atoms with Crippen LogP contribution in [0.4, 0.5) is 0 Å². The largest absolute Gasteiger partial charge is 0.355 e. The van der Waals surface area contributed by atoms with Gasteiger partial charge in [-0.25, -0.2) is 0 Å². The summed E-state index contributed by atoms with van der Waals surface area (Å²) in [6.07, 6.45) is 0. The lowest BCUT2D eigenvalue weighted by molar-refractivity contribution is 0.418. The summed E-state index contributed by atoms with van der Waals surface area (Å²) < 4.78 is 5.37. The molecule has 0 spiro atoms. The van der Waals surface area contributed by atoms with Gasteiger partial charge in [-0.1, -0.05) is 19.0 Å². The lowest BCUT2D eigenvalue weighted by atomic mass is 10.2. The first kappa shape index (κ1) is 12.3. The van der Waals surface area contributed by atoms with Crippen molar-refractivity contribution >= 4 is 11.3 Å². The molecule has 1 N–H and O–H groups in total. The molecule has 0 aliphatic heterocycles. The quantitative estimate of drug-likeness (QED) is 0.883. The molecule has 4 heteroatoms. The molecule has 3 nitrogen and oxygen atoms in total. The summed E-state index contributed by atoms with van der Waals surface area (Å²) in [5, 5.41) is 9.51. The molecule has 0 bridgehead atoms. The number of aromatic nitrogens is 1. The number of thiophene rings is 1. The van der Waals surface area contributed by atoms with Crippen molar-refractivity contribution in [2.75, 3.05) is 6.54 Å². The molecule has 92 valence electrons. The molecule has 2 aromatic rings. The van der Waals surface area contributed by atoms with Crippen molar-refractivity contribution in [3.63, 3.8) is 0 Å². The van der Waals surface area contributed by atoms with Crippen molar-refractivity contribution in [2.45, 2.75) is 27.3 Å². The van der Waals surface area contributed by atoms with Gasteiger partial charge in [-0.15, -0.1) is 11.3 Å². The molecular formula is C13H18N2OS. The fourth-order valence-electron chi connectivity index (χ4n) is 1.62. The van der Waals surface area contributed by atoms with Crippen LogP contribution in [0.25, 0.3) is 10.6 Å². The third-order valence-electron chi connectivity index (χ3n) is 2.50. The van der Waals surface area contributed by atoms with Crippen LogP contribution in [0.3, 0.4) is 0 Å². The Morgan fingerprint density at radius 1 is 1.47 bits per heavy atom. The van der Waals surface area contributed by atoms with Crippen LogP contribution in [-0.2, 0) is 6.54 Å². The van der Waals surface area contributed by atoms with Gasteiger partial charge in [0.1, 0.15) is 0 Å². The van der Waals surface area contributed by atoms with E-state index >= 15 is 0 Å². The summed E-state index contributed by atoms with van der Waals surface area (Å²) in [5.74, 6) is 1.53. The van der Waals surface area contributed by atoms with E-state index in [0.717, 1.165) is 24.5 Å². The topological polar surface area (TPSA) is 38.1 Å². The highest BCUT2D eigenvalue weighted by Gasteiger charge is 2.10. The number of rotatable bonds is 5. The Morgan fingerprint density at radius 2 is 2.29 bits per heavy atom. The van der Waals surface area contributed by atoms with Gasteiger partial charge in [0.15, 0.2) is 5.76 Å². The second kappa shape index (κ2) is 5.47. The van der Waals surface area contributed by atoms with E-state index < -0.39 is 0 Å². The number of hydrogen-bond acceptors (Lipinski definition) is 4. The van der Waals surface area contributed by atoms with Gasteiger partial charge in [-0.2, -0.15) is 0 Å². The molecule has 2 rings (SSSR count). The van der Waals surface area contributed by atoms with E-state index in [4.69, 9.17) is 4.52 Å². The first-order valence-corrected chi connectivity index (χ1v) is 6.75. The first-order chi connectivity index (χ1) is 8.16. The minimum absolute atomic E-state index is 0.654. The maximum atomic E-state index is 5.37. The molecule has 0 unspecified atom stereocenters. The monoisotopic (exact) mass is 250 g/mol. The predicted octanol–water partition coefficient (Wildman–Crippen LogP) is 3.46. The van der Waals surface area contributed by atoms with Crippen molar-refractivity contribution < 1.29 is 4.52 Å². The van der Waals surface area contributed by atoms with Gasteiger partial charge in [-0.3, -0.25) is 0 Å². The molecule has 0 aromatic carbocycles. The van der Waals surface area contributed by atoms with Crippen molar-refractivity contribution in [1.29, 1.82) is 0 Å². The maximum Gasteiger partial charge on any atom is 0.177 e. The molecule has 0 amide bonds. The number of hydrogen-bond donors (Lipinski definition) is 1. The molecule has 0 atom stereocenters. The molecule has 2 heterocycles. The zero-order valence-electron chi connectivity index (χ0n) is 10.5. The van der Waals surface area contributed by atoms with Crippen LogP contribution in [0.1, 0.15) is 25.1 Å². The van der Waals surface area contributed by atoms with Gasteiger partial charge in [0.05, 0.1) is 10.6 Å². The molecule has 0 aliphatic carbocycles. The summed E-state index contributed by atoms with van der Waals surface area (Å²) in [4.78, 5) is 1.17. The smallest absolute Gasteiger partial charge is 0.177 e. The Morgan fingerprint density at radius 3 is 2.94 bits per heavy atom. The first-order valence-electron chi connectivity index (χ1n) is 5.87. The van der Waals surface area contributed by atoms with Crippen LogP contribution in [0.15, 0.2) is 22.0 Å². The van der Waals surface area contributed by atoms with Crippen LogP contribution in [0, 0.1) is 12.8 Å². The highest BCUT2D eigenvalue weighted by atomic mass is 32.1. The van der Waals surface area contributed by atoms with Crippen LogP contribution < -0.4 is 5.32 Å². The highest BCUT2D eigenvalue weighted by Crippen LogP contribution is 2.29. The molecule has 0 fully saturated rings.